The highest BCUT2D eigenvalue weighted by Crippen LogP contribution is 2.55. The fourth-order valence-corrected chi connectivity index (χ4v) is 15.9. The minimum absolute atomic E-state index is 0.348. The highest BCUT2D eigenvalue weighted by Gasteiger charge is 2.27. The van der Waals surface area contributed by atoms with Crippen molar-refractivity contribution in [1.29, 1.82) is 0 Å². The lowest BCUT2D eigenvalue weighted by molar-refractivity contribution is -0.0443. The van der Waals surface area contributed by atoms with Crippen molar-refractivity contribution in [2.45, 2.75) is 18.9 Å². The first-order valence-corrected chi connectivity index (χ1v) is 29.9. The molecule has 0 amide bonds. The molecular weight excluding hydrogens is 1060 g/mol. The summed E-state index contributed by atoms with van der Waals surface area (Å²) in [5, 5.41) is 7.54. The summed E-state index contributed by atoms with van der Waals surface area (Å²) in [5.41, 5.74) is 12.7. The van der Waals surface area contributed by atoms with Crippen LogP contribution in [0.5, 0.6) is 0 Å². The first kappa shape index (κ1) is 48.9. The molecule has 0 N–H and O–H groups in total. The maximum Gasteiger partial charge on any atom is 0.184 e. The maximum atomic E-state index is 5.90. The van der Waals surface area contributed by atoms with Crippen LogP contribution in [0.2, 0.25) is 0 Å². The van der Waals surface area contributed by atoms with Gasteiger partial charge in [0.15, 0.2) is 18.9 Å². The van der Waals surface area contributed by atoms with Crippen molar-refractivity contribution >= 4 is 146 Å². The number of ether oxygens (including phenoxy) is 6. The third kappa shape index (κ3) is 8.65. The number of anilines is 9. The van der Waals surface area contributed by atoms with Crippen LogP contribution in [0.1, 0.15) is 35.6 Å². The van der Waals surface area contributed by atoms with Gasteiger partial charge in [-0.15, -0.1) is 34.0 Å². The van der Waals surface area contributed by atoms with Gasteiger partial charge >= 0.3 is 0 Å². The van der Waals surface area contributed by atoms with Gasteiger partial charge in [-0.1, -0.05) is 91.0 Å². The van der Waals surface area contributed by atoms with Gasteiger partial charge in [0, 0.05) is 128 Å². The van der Waals surface area contributed by atoms with Crippen LogP contribution in [0, 0.1) is 0 Å². The largest absolute Gasteiger partial charge is 0.346 e. The van der Waals surface area contributed by atoms with Crippen molar-refractivity contribution in [3.05, 3.63) is 235 Å². The molecule has 0 radical (unpaired) electrons. The second-order valence-electron chi connectivity index (χ2n) is 20.5. The zero-order chi connectivity index (χ0) is 53.4. The lowest BCUT2D eigenvalue weighted by Crippen LogP contribution is -2.10. The van der Waals surface area contributed by atoms with E-state index in [9.17, 15) is 0 Å². The van der Waals surface area contributed by atoms with Crippen molar-refractivity contribution in [2.24, 2.45) is 0 Å². The minimum atomic E-state index is -0.348. The predicted molar refractivity (Wildman–Crippen MR) is 333 cm³/mol. The smallest absolute Gasteiger partial charge is 0.184 e. The summed E-state index contributed by atoms with van der Waals surface area (Å²) in [6, 6.07) is 79.0. The highest BCUT2D eigenvalue weighted by atomic mass is 32.1. The lowest BCUT2D eigenvalue weighted by atomic mass is 10.0. The molecule has 16 rings (SSSR count). The van der Waals surface area contributed by atoms with Gasteiger partial charge in [0.25, 0.3) is 0 Å². The van der Waals surface area contributed by atoms with Gasteiger partial charge in [-0.25, -0.2) is 0 Å². The number of benzene rings is 10. The van der Waals surface area contributed by atoms with E-state index in [-0.39, 0.29) is 18.9 Å². The van der Waals surface area contributed by atoms with Crippen molar-refractivity contribution in [3.63, 3.8) is 0 Å². The van der Waals surface area contributed by atoms with Crippen LogP contribution in [-0.2, 0) is 28.4 Å². The van der Waals surface area contributed by atoms with Crippen LogP contribution < -0.4 is 14.7 Å². The Balaban J connectivity index is 0.925. The Morgan fingerprint density at radius 2 is 0.494 bits per heavy atom. The molecule has 3 saturated heterocycles. The van der Waals surface area contributed by atoms with Crippen LogP contribution in [0.25, 0.3) is 60.5 Å². The molecule has 13 aromatic rings. The van der Waals surface area contributed by atoms with Gasteiger partial charge in [-0.05, 0) is 127 Å². The van der Waals surface area contributed by atoms with Gasteiger partial charge in [0.1, 0.15) is 0 Å². The normalized spacial score (nSPS) is 15.4. The Hall–Kier alpha value is -7.98. The molecule has 3 aliphatic heterocycles. The fourth-order valence-electron chi connectivity index (χ4n) is 11.9. The first-order chi connectivity index (χ1) is 40.1. The second-order valence-corrected chi connectivity index (χ2v) is 23.6. The van der Waals surface area contributed by atoms with Gasteiger partial charge in [0.05, 0.1) is 39.6 Å². The number of hydrogen-bond acceptors (Lipinski definition) is 12. The zero-order valence-electron chi connectivity index (χ0n) is 43.8. The topological polar surface area (TPSA) is 65.1 Å². The summed E-state index contributed by atoms with van der Waals surface area (Å²) in [6.07, 6.45) is -1.04. The average Bonchev–Trinajstić information content (AvgIpc) is 4.19. The highest BCUT2D eigenvalue weighted by molar-refractivity contribution is 7.34. The van der Waals surface area contributed by atoms with Gasteiger partial charge in [-0.2, -0.15) is 0 Å². The van der Waals surface area contributed by atoms with Crippen LogP contribution in [-0.4, -0.2) is 39.6 Å². The molecule has 0 spiro atoms. The quantitative estimate of drug-likeness (QED) is 0.119. The summed E-state index contributed by atoms with van der Waals surface area (Å²) >= 11 is 5.70. The molecule has 81 heavy (non-hydrogen) atoms. The molecule has 0 atom stereocenters. The van der Waals surface area contributed by atoms with Crippen molar-refractivity contribution in [1.82, 2.24) is 0 Å². The molecule has 3 aromatic heterocycles. The molecule has 3 aliphatic rings. The minimum Gasteiger partial charge on any atom is -0.346 e. The van der Waals surface area contributed by atoms with Crippen LogP contribution in [0.3, 0.4) is 0 Å². The van der Waals surface area contributed by atoms with Gasteiger partial charge in [-0.3, -0.25) is 0 Å². The molecule has 396 valence electrons. The third-order valence-corrected chi connectivity index (χ3v) is 19.2. The Labute approximate surface area is 479 Å². The molecule has 3 fully saturated rings. The monoisotopic (exact) mass is 1110 g/mol. The number of hydrogen-bond donors (Lipinski definition) is 0. The van der Waals surface area contributed by atoms with Crippen LogP contribution in [0.15, 0.2) is 218 Å². The Kier molecular flexibility index (Phi) is 12.4. The molecule has 6 heterocycles. The number of nitrogens with zero attached hydrogens (tertiary/aromatic N) is 3. The number of rotatable bonds is 12. The van der Waals surface area contributed by atoms with Crippen LogP contribution >= 0.6 is 34.0 Å². The van der Waals surface area contributed by atoms with E-state index in [0.717, 1.165) is 67.9 Å². The summed E-state index contributed by atoms with van der Waals surface area (Å²) in [4.78, 5) is 7.08. The first-order valence-electron chi connectivity index (χ1n) is 27.4. The summed E-state index contributed by atoms with van der Waals surface area (Å²) in [6.45, 7) is 3.59. The lowest BCUT2D eigenvalue weighted by Gasteiger charge is -2.26. The summed E-state index contributed by atoms with van der Waals surface area (Å²) in [5.74, 6) is 0. The summed E-state index contributed by atoms with van der Waals surface area (Å²) in [7, 11) is 0. The number of fused-ring (bicyclic) bond motifs is 12. The average molecular weight is 1110 g/mol. The van der Waals surface area contributed by atoms with E-state index in [0.29, 0.717) is 39.6 Å². The number of thiophene rings is 3. The van der Waals surface area contributed by atoms with Crippen molar-refractivity contribution < 1.29 is 28.4 Å². The molecule has 0 saturated carbocycles. The van der Waals surface area contributed by atoms with Crippen molar-refractivity contribution in [2.75, 3.05) is 54.3 Å². The molecule has 9 nitrogen and oxygen atoms in total. The van der Waals surface area contributed by atoms with Gasteiger partial charge in [0.2, 0.25) is 0 Å². The molecule has 0 aliphatic carbocycles. The third-order valence-electron chi connectivity index (χ3n) is 15.6. The van der Waals surface area contributed by atoms with Crippen LogP contribution in [0.4, 0.5) is 51.2 Å². The second kappa shape index (κ2) is 20.5. The molecule has 10 aromatic carbocycles. The Morgan fingerprint density at radius 1 is 0.259 bits per heavy atom. The van der Waals surface area contributed by atoms with E-state index >= 15 is 0 Å². The van der Waals surface area contributed by atoms with E-state index in [1.165, 1.54) is 60.5 Å². The standard InChI is InChI=1S/C69H51N3O6S3/c1-4-10-46(11-5-1)70(49-22-16-43(17-23-49)67-73-34-35-74-67)52-28-31-58-55(40-52)61-64(79-58)62-57-42-54(72(48-14-8-3-9-15-48)51-26-20-45(21-27-51)69-77-38-39-78-69)30-33-60(57)81-66(62)63-56-41-53(29-32-59(56)80-65(61)63)71(47-12-6-2-7-13-47)50-24-18-44(19-25-50)68-75-36-37-76-68/h1-33,40-42,67-69H,34-39H2. The Bertz CT molecular complexity index is 3950. The molecule has 12 heteroatoms. The molecule has 0 bridgehead atoms. The van der Waals surface area contributed by atoms with Gasteiger partial charge < -0.3 is 43.1 Å². The van der Waals surface area contributed by atoms with E-state index in [2.05, 4.69) is 233 Å². The van der Waals surface area contributed by atoms with Crippen molar-refractivity contribution in [3.8, 4) is 0 Å². The molecular formula is C69H51N3O6S3. The van der Waals surface area contributed by atoms with E-state index in [4.69, 9.17) is 28.4 Å². The summed E-state index contributed by atoms with van der Waals surface area (Å²) < 4.78 is 43.0. The SMILES string of the molecule is c1ccc(N(c2ccc(C3OCCO3)cc2)c2ccc3sc4c(c3c2)c2sc3ccc(N(c5ccccc5)c5ccc(C6OCCO6)cc5)cc3c2c2sc3ccc(N(c5ccccc5)c5ccc(C6OCCO6)cc5)cc3c42)cc1. The predicted octanol–water partition coefficient (Wildman–Crippen LogP) is 19.3. The van der Waals surface area contributed by atoms with E-state index in [1.54, 1.807) is 0 Å². The molecule has 0 unspecified atom stereocenters. The van der Waals surface area contributed by atoms with E-state index < -0.39 is 0 Å². The Morgan fingerprint density at radius 3 is 0.753 bits per heavy atom. The number of para-hydroxylation sites is 3. The van der Waals surface area contributed by atoms with E-state index in [1.807, 2.05) is 34.0 Å². The fraction of sp³-hybridized carbons (Fsp3) is 0.130. The maximum absolute atomic E-state index is 5.90. The zero-order valence-corrected chi connectivity index (χ0v) is 46.2.